The number of amides is 1. The number of amidine groups is 1. The molecule has 1 aromatic heterocycles. The Hall–Kier alpha value is -2.82. The van der Waals surface area contributed by atoms with E-state index in [1.165, 1.54) is 28.6 Å². The Labute approximate surface area is 202 Å². The average Bonchev–Trinajstić information content (AvgIpc) is 3.51. The van der Waals surface area contributed by atoms with Crippen molar-refractivity contribution >= 4 is 51.4 Å². The Morgan fingerprint density at radius 1 is 1.26 bits per heavy atom. The first-order chi connectivity index (χ1) is 16.3. The molecule has 3 aromatic rings. The normalized spacial score (nSPS) is 21.2. The first kappa shape index (κ1) is 22.9. The van der Waals surface area contributed by atoms with Crippen molar-refractivity contribution in [3.8, 4) is 0 Å². The van der Waals surface area contributed by atoms with Crippen LogP contribution in [0, 0.1) is 0 Å². The minimum Gasteiger partial charge on any atom is -0.315 e. The van der Waals surface area contributed by atoms with Gasteiger partial charge in [0.05, 0.1) is 34.8 Å². The SMILES string of the molecule is O=C1NC(=N[C@H]2CCNC2)S/C1=C\c1ccc2c(cnn2Cc2ccc(Cl)cc2C(F)(F)F)c1. The third-order valence-corrected chi connectivity index (χ3v) is 6.81. The van der Waals surface area contributed by atoms with Gasteiger partial charge in [-0.1, -0.05) is 23.7 Å². The number of hydrogen-bond donors (Lipinski definition) is 2. The number of halogens is 4. The molecular weight excluding hydrogens is 487 g/mol. The van der Waals surface area contributed by atoms with E-state index in [-0.39, 0.29) is 29.1 Å². The highest BCUT2D eigenvalue weighted by molar-refractivity contribution is 8.18. The maximum atomic E-state index is 13.4. The van der Waals surface area contributed by atoms with E-state index in [2.05, 4.69) is 20.7 Å². The van der Waals surface area contributed by atoms with Crippen LogP contribution in [0.5, 0.6) is 0 Å². The molecule has 0 radical (unpaired) electrons. The van der Waals surface area contributed by atoms with E-state index in [0.717, 1.165) is 36.5 Å². The van der Waals surface area contributed by atoms with Crippen molar-refractivity contribution < 1.29 is 18.0 Å². The second-order valence-electron chi connectivity index (χ2n) is 8.07. The van der Waals surface area contributed by atoms with Gasteiger partial charge in [-0.05, 0) is 66.2 Å². The quantitative estimate of drug-likeness (QED) is 0.505. The standard InChI is InChI=1S/C23H19ClF3N5OS/c24-16-3-2-14(18(9-16)23(25,26)27)12-32-19-4-1-13(7-15(19)10-29-32)8-20-21(33)31-22(34-20)30-17-5-6-28-11-17/h1-4,7-10,17,28H,5-6,11-12H2,(H,30,31,33)/b20-8-/t17-/m0/s1. The van der Waals surface area contributed by atoms with Gasteiger partial charge in [-0.2, -0.15) is 18.3 Å². The van der Waals surface area contributed by atoms with Crippen molar-refractivity contribution in [3.05, 3.63) is 69.2 Å². The molecule has 6 nitrogen and oxygen atoms in total. The van der Waals surface area contributed by atoms with Crippen LogP contribution in [0.2, 0.25) is 5.02 Å². The number of rotatable bonds is 4. The lowest BCUT2D eigenvalue weighted by Crippen LogP contribution is -2.22. The predicted octanol–water partition coefficient (Wildman–Crippen LogP) is 4.68. The van der Waals surface area contributed by atoms with Crippen molar-refractivity contribution in [3.63, 3.8) is 0 Å². The van der Waals surface area contributed by atoms with Gasteiger partial charge in [0.2, 0.25) is 0 Å². The molecule has 2 aliphatic heterocycles. The van der Waals surface area contributed by atoms with Crippen molar-refractivity contribution in [1.29, 1.82) is 0 Å². The lowest BCUT2D eigenvalue weighted by molar-refractivity contribution is -0.138. The third-order valence-electron chi connectivity index (χ3n) is 5.65. The highest BCUT2D eigenvalue weighted by atomic mass is 35.5. The summed E-state index contributed by atoms with van der Waals surface area (Å²) in [5.41, 5.74) is 0.775. The Morgan fingerprint density at radius 3 is 2.88 bits per heavy atom. The van der Waals surface area contributed by atoms with Crippen molar-refractivity contribution in [2.24, 2.45) is 4.99 Å². The smallest absolute Gasteiger partial charge is 0.315 e. The molecule has 1 atom stereocenters. The average molecular weight is 506 g/mol. The number of aliphatic imine (C=N–C) groups is 1. The lowest BCUT2D eigenvalue weighted by Gasteiger charge is -2.14. The fourth-order valence-corrected chi connectivity index (χ4v) is 5.05. The topological polar surface area (TPSA) is 71.3 Å². The molecule has 2 saturated heterocycles. The summed E-state index contributed by atoms with van der Waals surface area (Å²) < 4.78 is 41.9. The van der Waals surface area contributed by atoms with Crippen LogP contribution in [0.4, 0.5) is 13.2 Å². The van der Waals surface area contributed by atoms with E-state index in [1.807, 2.05) is 12.1 Å². The first-order valence-corrected chi connectivity index (χ1v) is 11.8. The summed E-state index contributed by atoms with van der Waals surface area (Å²) in [6, 6.07) is 9.35. The van der Waals surface area contributed by atoms with E-state index < -0.39 is 11.7 Å². The molecule has 5 rings (SSSR count). The molecule has 2 fully saturated rings. The molecule has 176 valence electrons. The van der Waals surface area contributed by atoms with E-state index in [9.17, 15) is 18.0 Å². The van der Waals surface area contributed by atoms with Gasteiger partial charge < -0.3 is 10.6 Å². The molecule has 3 heterocycles. The van der Waals surface area contributed by atoms with Gasteiger partial charge >= 0.3 is 6.18 Å². The van der Waals surface area contributed by atoms with E-state index >= 15 is 0 Å². The summed E-state index contributed by atoms with van der Waals surface area (Å²) >= 11 is 7.08. The number of nitrogens with zero attached hydrogens (tertiary/aromatic N) is 3. The summed E-state index contributed by atoms with van der Waals surface area (Å²) in [4.78, 5) is 17.5. The van der Waals surface area contributed by atoms with Crippen LogP contribution in [0.3, 0.4) is 0 Å². The van der Waals surface area contributed by atoms with E-state index in [4.69, 9.17) is 11.6 Å². The van der Waals surface area contributed by atoms with E-state index in [1.54, 1.807) is 18.3 Å². The van der Waals surface area contributed by atoms with Gasteiger partial charge in [-0.15, -0.1) is 0 Å². The summed E-state index contributed by atoms with van der Waals surface area (Å²) in [5.74, 6) is -0.201. The number of carbonyl (C=O) groups is 1. The molecule has 34 heavy (non-hydrogen) atoms. The number of benzene rings is 2. The van der Waals surface area contributed by atoms with Crippen LogP contribution < -0.4 is 10.6 Å². The lowest BCUT2D eigenvalue weighted by atomic mass is 10.1. The Balaban J connectivity index is 1.38. The molecular formula is C23H19ClF3N5OS. The van der Waals surface area contributed by atoms with Crippen LogP contribution in [-0.2, 0) is 17.5 Å². The van der Waals surface area contributed by atoms with Gasteiger partial charge in [-0.3, -0.25) is 14.5 Å². The van der Waals surface area contributed by atoms with Gasteiger partial charge in [-0.25, -0.2) is 0 Å². The zero-order valence-electron chi connectivity index (χ0n) is 17.7. The molecule has 0 bridgehead atoms. The molecule has 2 aromatic carbocycles. The number of alkyl halides is 3. The highest BCUT2D eigenvalue weighted by Gasteiger charge is 2.33. The summed E-state index contributed by atoms with van der Waals surface area (Å²) in [5, 5.41) is 11.7. The number of carbonyl (C=O) groups excluding carboxylic acids is 1. The molecule has 1 amide bonds. The summed E-state index contributed by atoms with van der Waals surface area (Å²) in [6.45, 7) is 1.68. The molecule has 0 saturated carbocycles. The fourth-order valence-electron chi connectivity index (χ4n) is 3.99. The van der Waals surface area contributed by atoms with Crippen molar-refractivity contribution in [2.45, 2.75) is 25.2 Å². The van der Waals surface area contributed by atoms with Gasteiger partial charge in [0, 0.05) is 17.0 Å². The number of thioether (sulfide) groups is 1. The van der Waals surface area contributed by atoms with Crippen LogP contribution >= 0.6 is 23.4 Å². The zero-order chi connectivity index (χ0) is 23.9. The van der Waals surface area contributed by atoms with Crippen LogP contribution in [0.25, 0.3) is 17.0 Å². The third kappa shape index (κ3) is 4.84. The predicted molar refractivity (Wildman–Crippen MR) is 128 cm³/mol. The summed E-state index contributed by atoms with van der Waals surface area (Å²) in [7, 11) is 0. The fraction of sp³-hybridized carbons (Fsp3) is 0.261. The van der Waals surface area contributed by atoms with Gasteiger partial charge in [0.25, 0.3) is 5.91 Å². The summed E-state index contributed by atoms with van der Waals surface area (Å²) in [6.07, 6.45) is -0.200. The van der Waals surface area contributed by atoms with Crippen LogP contribution in [-0.4, -0.2) is 40.0 Å². The molecule has 0 aliphatic carbocycles. The molecule has 2 aliphatic rings. The maximum Gasteiger partial charge on any atom is 0.416 e. The molecule has 11 heteroatoms. The Morgan fingerprint density at radius 2 is 2.12 bits per heavy atom. The number of fused-ring (bicyclic) bond motifs is 1. The van der Waals surface area contributed by atoms with Crippen LogP contribution in [0.1, 0.15) is 23.1 Å². The van der Waals surface area contributed by atoms with Crippen molar-refractivity contribution in [1.82, 2.24) is 20.4 Å². The first-order valence-electron chi connectivity index (χ1n) is 10.6. The minimum atomic E-state index is -4.52. The molecule has 2 N–H and O–H groups in total. The maximum absolute atomic E-state index is 13.4. The minimum absolute atomic E-state index is 0.0287. The van der Waals surface area contributed by atoms with Gasteiger partial charge in [0.1, 0.15) is 0 Å². The number of hydrogen-bond acceptors (Lipinski definition) is 5. The largest absolute Gasteiger partial charge is 0.416 e. The second kappa shape index (κ2) is 9.09. The van der Waals surface area contributed by atoms with Crippen LogP contribution in [0.15, 0.2) is 52.5 Å². The number of aromatic nitrogens is 2. The highest BCUT2D eigenvalue weighted by Crippen LogP contribution is 2.34. The Bertz CT molecular complexity index is 1330. The molecule has 0 spiro atoms. The van der Waals surface area contributed by atoms with E-state index in [0.29, 0.717) is 15.6 Å². The monoisotopic (exact) mass is 505 g/mol. The zero-order valence-corrected chi connectivity index (χ0v) is 19.3. The van der Waals surface area contributed by atoms with Crippen molar-refractivity contribution in [2.75, 3.05) is 13.1 Å². The molecule has 0 unspecified atom stereocenters. The number of nitrogens with one attached hydrogen (secondary N) is 2. The van der Waals surface area contributed by atoms with Gasteiger partial charge in [0.15, 0.2) is 5.17 Å². The Kier molecular flexibility index (Phi) is 6.13. The second-order valence-corrected chi connectivity index (χ2v) is 9.53.